The summed E-state index contributed by atoms with van der Waals surface area (Å²) in [5.74, 6) is 1.16. The quantitative estimate of drug-likeness (QED) is 0.0756. The van der Waals surface area contributed by atoms with Crippen molar-refractivity contribution in [2.24, 2.45) is 0 Å². The van der Waals surface area contributed by atoms with Crippen molar-refractivity contribution in [3.63, 3.8) is 0 Å². The largest absolute Gasteiger partial charge is 0.497 e. The van der Waals surface area contributed by atoms with Crippen LogP contribution in [0.5, 0.6) is 5.75 Å². The topological polar surface area (TPSA) is 67.8 Å². The summed E-state index contributed by atoms with van der Waals surface area (Å²) in [7, 11) is 1.74. The van der Waals surface area contributed by atoms with Crippen LogP contribution in [0.3, 0.4) is 0 Å². The minimum Gasteiger partial charge on any atom is -0.497 e. The second-order valence-electron chi connectivity index (χ2n) is 10.3. The van der Waals surface area contributed by atoms with Gasteiger partial charge in [-0.15, -0.1) is 0 Å². The van der Waals surface area contributed by atoms with Gasteiger partial charge in [0.2, 0.25) is 6.41 Å². The first kappa shape index (κ1) is 35.5. The van der Waals surface area contributed by atoms with Crippen LogP contribution in [0, 0.1) is 12.7 Å². The molecule has 3 aromatic rings. The van der Waals surface area contributed by atoms with Crippen LogP contribution in [0.2, 0.25) is 0 Å². The molecule has 1 heterocycles. The number of hydrogen-bond acceptors (Lipinski definition) is 5. The molecule has 0 bridgehead atoms. The molecule has 43 heavy (non-hydrogen) atoms. The number of benzene rings is 2. The van der Waals surface area contributed by atoms with Gasteiger partial charge in [-0.3, -0.25) is 4.79 Å². The average Bonchev–Trinajstić information content (AvgIpc) is 3.32. The number of allylic oxidation sites excluding steroid dienone is 4. The van der Waals surface area contributed by atoms with E-state index in [1.54, 1.807) is 25.3 Å². The highest BCUT2D eigenvalue weighted by Crippen LogP contribution is 2.29. The third-order valence-electron chi connectivity index (χ3n) is 6.73. The lowest BCUT2D eigenvalue weighted by Crippen LogP contribution is -2.35. The Kier molecular flexibility index (Phi) is 16.7. The fraction of sp³-hybridized carbons (Fsp3) is 0.441. The fourth-order valence-electron chi connectivity index (χ4n) is 4.70. The van der Waals surface area contributed by atoms with Gasteiger partial charge in [-0.25, -0.2) is 8.78 Å². The molecule has 236 valence electrons. The molecule has 0 saturated heterocycles. The zero-order valence-corrected chi connectivity index (χ0v) is 26.3. The maximum Gasteiger partial charge on any atom is 0.207 e. The Hall–Kier alpha value is -3.69. The second kappa shape index (κ2) is 20.3. The Bertz CT molecular complexity index is 1300. The van der Waals surface area contributed by atoms with Gasteiger partial charge in [0.25, 0.3) is 0 Å². The van der Waals surface area contributed by atoms with Crippen molar-refractivity contribution in [2.45, 2.75) is 53.6 Å². The van der Waals surface area contributed by atoms with Gasteiger partial charge >= 0.3 is 0 Å². The Morgan fingerprint density at radius 2 is 1.86 bits per heavy atom. The number of methoxy groups -OCH3 is 1. The molecule has 0 unspecified atom stereocenters. The van der Waals surface area contributed by atoms with Gasteiger partial charge in [0.15, 0.2) is 0 Å². The summed E-state index contributed by atoms with van der Waals surface area (Å²) in [5.41, 5.74) is 3.24. The van der Waals surface area contributed by atoms with Crippen LogP contribution in [0.15, 0.2) is 72.4 Å². The molecule has 0 aliphatic rings. The highest BCUT2D eigenvalue weighted by molar-refractivity contribution is 5.89. The van der Waals surface area contributed by atoms with Crippen molar-refractivity contribution in [1.29, 1.82) is 0 Å². The van der Waals surface area contributed by atoms with Gasteiger partial charge in [0.05, 0.1) is 24.2 Å². The smallest absolute Gasteiger partial charge is 0.207 e. The molecule has 2 aromatic carbocycles. The third kappa shape index (κ3) is 13.4. The first-order valence-electron chi connectivity index (χ1n) is 14.9. The van der Waals surface area contributed by atoms with Gasteiger partial charge in [-0.1, -0.05) is 31.2 Å². The zero-order chi connectivity index (χ0) is 31.5. The highest BCUT2D eigenvalue weighted by atomic mass is 19.1. The van der Waals surface area contributed by atoms with Gasteiger partial charge in [0, 0.05) is 44.3 Å². The van der Waals surface area contributed by atoms with Gasteiger partial charge in [-0.05, 0) is 88.2 Å². The number of carbonyl (C=O) groups is 1. The molecule has 0 aliphatic heterocycles. The number of amides is 1. The summed E-state index contributed by atoms with van der Waals surface area (Å²) in [6.45, 7) is 14.5. The number of nitrogens with zero attached hydrogens (tertiary/aromatic N) is 2. The lowest BCUT2D eigenvalue weighted by molar-refractivity contribution is -0.109. The minimum atomic E-state index is -0.282. The SMILES string of the molecule is CCCN(CCCn1cc(C)c2cccc(OC)c21)CCNCCO/C(C)=C/C=C(\C)F.O=CNCc1cccc(F)c1. The Labute approximate surface area is 255 Å². The maximum absolute atomic E-state index is 12.7. The molecule has 1 amide bonds. The Morgan fingerprint density at radius 1 is 1.07 bits per heavy atom. The van der Waals surface area contributed by atoms with E-state index in [1.807, 2.05) is 13.0 Å². The number of ether oxygens (including phenoxy) is 2. The molecular weight excluding hydrogens is 550 g/mol. The number of aryl methyl sites for hydroxylation is 2. The normalized spacial score (nSPS) is 11.8. The molecule has 0 spiro atoms. The number of carbonyl (C=O) groups excluding carboxylic acids is 1. The average molecular weight is 599 g/mol. The zero-order valence-electron chi connectivity index (χ0n) is 26.3. The van der Waals surface area contributed by atoms with E-state index < -0.39 is 0 Å². The van der Waals surface area contributed by atoms with Crippen LogP contribution < -0.4 is 15.4 Å². The van der Waals surface area contributed by atoms with Crippen LogP contribution in [0.1, 0.15) is 44.7 Å². The number of fused-ring (bicyclic) bond motifs is 1. The molecule has 2 N–H and O–H groups in total. The van der Waals surface area contributed by atoms with Crippen molar-refractivity contribution in [1.82, 2.24) is 20.1 Å². The molecule has 3 rings (SSSR count). The maximum atomic E-state index is 12.7. The van der Waals surface area contributed by atoms with Crippen LogP contribution >= 0.6 is 0 Å². The Balaban J connectivity index is 0.000000490. The molecule has 0 atom stereocenters. The molecule has 0 saturated carbocycles. The molecular formula is C34H48F2N4O3. The predicted molar refractivity (Wildman–Crippen MR) is 171 cm³/mol. The predicted octanol–water partition coefficient (Wildman–Crippen LogP) is 6.52. The van der Waals surface area contributed by atoms with Crippen LogP contribution in [-0.4, -0.2) is 62.3 Å². The molecule has 0 fully saturated rings. The van der Waals surface area contributed by atoms with Gasteiger partial charge in [0.1, 0.15) is 18.2 Å². The van der Waals surface area contributed by atoms with E-state index >= 15 is 0 Å². The summed E-state index contributed by atoms with van der Waals surface area (Å²) in [6, 6.07) is 12.4. The first-order chi connectivity index (χ1) is 20.8. The summed E-state index contributed by atoms with van der Waals surface area (Å²) in [5, 5.41) is 7.15. The van der Waals surface area contributed by atoms with Crippen molar-refractivity contribution in [2.75, 3.05) is 46.4 Å². The molecule has 7 nitrogen and oxygen atoms in total. The van der Waals surface area contributed by atoms with E-state index in [2.05, 4.69) is 52.3 Å². The molecule has 0 radical (unpaired) electrons. The lowest BCUT2D eigenvalue weighted by Gasteiger charge is -2.22. The van der Waals surface area contributed by atoms with E-state index in [4.69, 9.17) is 9.47 Å². The summed E-state index contributed by atoms with van der Waals surface area (Å²) in [4.78, 5) is 12.4. The summed E-state index contributed by atoms with van der Waals surface area (Å²) < 4.78 is 38.7. The standard InChI is InChI=1S/C26H40FN3O2.C8H8FNO/c1-6-15-29(18-13-28-14-19-32-23(4)12-11-22(3)27)16-8-17-30-20-21(2)24-9-7-10-25(31-5)26(24)30;9-8-3-1-2-7(4-8)5-10-6-11/h7,9-12,20,28H,6,8,13-19H2,1-5H3;1-4,6H,5H2,(H,10,11)/b22-11+,23-12+;. The number of rotatable bonds is 18. The van der Waals surface area contributed by atoms with Crippen LogP contribution in [0.4, 0.5) is 8.78 Å². The van der Waals surface area contributed by atoms with Crippen molar-refractivity contribution in [3.05, 3.63) is 89.3 Å². The van der Waals surface area contributed by atoms with Gasteiger partial charge in [-0.2, -0.15) is 0 Å². The highest BCUT2D eigenvalue weighted by Gasteiger charge is 2.11. The van der Waals surface area contributed by atoms with Crippen molar-refractivity contribution in [3.8, 4) is 5.75 Å². The van der Waals surface area contributed by atoms with E-state index in [-0.39, 0.29) is 11.6 Å². The lowest BCUT2D eigenvalue weighted by atomic mass is 10.2. The summed E-state index contributed by atoms with van der Waals surface area (Å²) >= 11 is 0. The molecule has 1 aromatic heterocycles. The van der Waals surface area contributed by atoms with E-state index in [1.165, 1.54) is 41.6 Å². The Morgan fingerprint density at radius 3 is 2.56 bits per heavy atom. The molecule has 0 aliphatic carbocycles. The minimum absolute atomic E-state index is 0.221. The number of hydrogen-bond donors (Lipinski definition) is 2. The number of nitrogens with one attached hydrogen (secondary N) is 2. The number of para-hydroxylation sites is 1. The van der Waals surface area contributed by atoms with Crippen molar-refractivity contribution < 1.29 is 23.0 Å². The second-order valence-corrected chi connectivity index (χ2v) is 10.3. The van der Waals surface area contributed by atoms with Crippen LogP contribution in [0.25, 0.3) is 10.9 Å². The van der Waals surface area contributed by atoms with E-state index in [9.17, 15) is 13.6 Å². The monoisotopic (exact) mass is 598 g/mol. The van der Waals surface area contributed by atoms with Gasteiger partial charge < -0.3 is 29.6 Å². The van der Waals surface area contributed by atoms with Crippen LogP contribution in [-0.2, 0) is 22.6 Å². The third-order valence-corrected chi connectivity index (χ3v) is 6.73. The van der Waals surface area contributed by atoms with E-state index in [0.717, 1.165) is 69.2 Å². The first-order valence-corrected chi connectivity index (χ1v) is 14.9. The molecule has 9 heteroatoms. The fourth-order valence-corrected chi connectivity index (χ4v) is 4.70. The van der Waals surface area contributed by atoms with Crippen molar-refractivity contribution >= 4 is 17.3 Å². The summed E-state index contributed by atoms with van der Waals surface area (Å²) in [6.07, 6.45) is 8.14. The number of halogens is 2. The number of aromatic nitrogens is 1. The van der Waals surface area contributed by atoms with E-state index in [0.29, 0.717) is 19.6 Å².